The molecule has 212 valence electrons. The number of primary amides is 2. The van der Waals surface area contributed by atoms with Crippen LogP contribution in [0.15, 0.2) is 54.6 Å². The van der Waals surface area contributed by atoms with Crippen LogP contribution in [0, 0.1) is 0 Å². The predicted molar refractivity (Wildman–Crippen MR) is 150 cm³/mol. The van der Waals surface area contributed by atoms with E-state index in [0.717, 1.165) is 29.9 Å². The summed E-state index contributed by atoms with van der Waals surface area (Å²) in [5, 5.41) is 0. The number of ether oxygens (including phenoxy) is 3. The van der Waals surface area contributed by atoms with Gasteiger partial charge in [-0.25, -0.2) is 0 Å². The van der Waals surface area contributed by atoms with E-state index in [0.29, 0.717) is 0 Å². The molecule has 0 bridgehead atoms. The Bertz CT molecular complexity index is 861. The lowest BCUT2D eigenvalue weighted by Crippen LogP contribution is -2.24. The maximum Gasteiger partial charge on any atom is 0.309 e. The molecule has 1 unspecified atom stereocenters. The van der Waals surface area contributed by atoms with Crippen molar-refractivity contribution in [3.05, 3.63) is 65.7 Å². The largest absolute Gasteiger partial charge is 0.494 e. The van der Waals surface area contributed by atoms with Crippen molar-refractivity contribution in [2.75, 3.05) is 6.61 Å². The molecular weight excluding hydrogens is 484 g/mol. The van der Waals surface area contributed by atoms with E-state index in [1.807, 2.05) is 75.4 Å². The highest BCUT2D eigenvalue weighted by Crippen LogP contribution is 2.29. The summed E-state index contributed by atoms with van der Waals surface area (Å²) in [7, 11) is 0. The SMILES string of the molecule is CCCCCCCCOc1ccc(C(CC(=O)OCc2ccccc2)OC(C)(C)C)cc1.NC=O.NC=O. The molecule has 0 heterocycles. The van der Waals surface area contributed by atoms with Crippen LogP contribution in [0.25, 0.3) is 0 Å². The predicted octanol–water partition coefficient (Wildman–Crippen LogP) is 5.62. The van der Waals surface area contributed by atoms with Gasteiger partial charge in [0.1, 0.15) is 12.4 Å². The molecule has 0 saturated heterocycles. The summed E-state index contributed by atoms with van der Waals surface area (Å²) < 4.78 is 17.5. The van der Waals surface area contributed by atoms with Gasteiger partial charge in [-0.05, 0) is 50.5 Å². The highest BCUT2D eigenvalue weighted by atomic mass is 16.5. The first kappa shape index (κ1) is 34.6. The van der Waals surface area contributed by atoms with Gasteiger partial charge in [0.15, 0.2) is 0 Å². The molecule has 0 aliphatic heterocycles. The first-order valence-electron chi connectivity index (χ1n) is 13.1. The number of hydrogen-bond acceptors (Lipinski definition) is 6. The van der Waals surface area contributed by atoms with E-state index in [4.69, 9.17) is 23.8 Å². The number of rotatable bonds is 14. The number of hydrogen-bond donors (Lipinski definition) is 2. The second-order valence-corrected chi connectivity index (χ2v) is 9.53. The van der Waals surface area contributed by atoms with Gasteiger partial charge in [-0.2, -0.15) is 0 Å². The van der Waals surface area contributed by atoms with Crippen LogP contribution in [0.3, 0.4) is 0 Å². The zero-order valence-electron chi connectivity index (χ0n) is 23.4. The highest BCUT2D eigenvalue weighted by molar-refractivity contribution is 5.70. The van der Waals surface area contributed by atoms with Crippen molar-refractivity contribution >= 4 is 18.8 Å². The standard InChI is InChI=1S/C28H40O4.2CH3NO/c1-5-6-7-8-9-13-20-30-25-18-16-24(17-19-25)26(32-28(2,3)4)21-27(29)31-22-23-14-11-10-12-15-23;2*2-1-3/h10-12,14-19,26H,5-9,13,20-22H2,1-4H3;2*1H,(H2,2,3). The van der Waals surface area contributed by atoms with Crippen molar-refractivity contribution < 1.29 is 28.6 Å². The molecule has 0 saturated carbocycles. The molecule has 2 amide bonds. The topological polar surface area (TPSA) is 131 Å². The van der Waals surface area contributed by atoms with Crippen LogP contribution >= 0.6 is 0 Å². The molecule has 0 aliphatic rings. The molecule has 0 aromatic heterocycles. The molecule has 8 heteroatoms. The quantitative estimate of drug-likeness (QED) is 0.185. The van der Waals surface area contributed by atoms with E-state index in [1.54, 1.807) is 0 Å². The summed E-state index contributed by atoms with van der Waals surface area (Å²) in [6.45, 7) is 9.22. The summed E-state index contributed by atoms with van der Waals surface area (Å²) in [4.78, 5) is 29.7. The van der Waals surface area contributed by atoms with Crippen molar-refractivity contribution in [2.24, 2.45) is 11.5 Å². The van der Waals surface area contributed by atoms with Crippen molar-refractivity contribution in [3.63, 3.8) is 0 Å². The zero-order chi connectivity index (χ0) is 28.7. The highest BCUT2D eigenvalue weighted by Gasteiger charge is 2.24. The number of amides is 2. The second-order valence-electron chi connectivity index (χ2n) is 9.53. The van der Waals surface area contributed by atoms with E-state index >= 15 is 0 Å². The van der Waals surface area contributed by atoms with Gasteiger partial charge in [0.25, 0.3) is 0 Å². The molecule has 0 aliphatic carbocycles. The normalized spacial score (nSPS) is 11.1. The van der Waals surface area contributed by atoms with Crippen LogP contribution < -0.4 is 16.2 Å². The third kappa shape index (κ3) is 18.8. The monoisotopic (exact) mass is 530 g/mol. The minimum absolute atomic E-state index is 0.169. The summed E-state index contributed by atoms with van der Waals surface area (Å²) >= 11 is 0. The first-order valence-corrected chi connectivity index (χ1v) is 13.1. The first-order chi connectivity index (χ1) is 18.2. The van der Waals surface area contributed by atoms with Crippen LogP contribution in [-0.2, 0) is 30.5 Å². The second kappa shape index (κ2) is 21.7. The van der Waals surface area contributed by atoms with Crippen molar-refractivity contribution in [1.82, 2.24) is 0 Å². The molecule has 0 spiro atoms. The van der Waals surface area contributed by atoms with Crippen LogP contribution in [0.1, 0.15) is 89.9 Å². The van der Waals surface area contributed by atoms with Gasteiger partial charge >= 0.3 is 5.97 Å². The molecule has 2 rings (SSSR count). The molecule has 2 aromatic carbocycles. The average Bonchev–Trinajstić information content (AvgIpc) is 2.88. The Balaban J connectivity index is 0.00000208. The van der Waals surface area contributed by atoms with E-state index in [1.165, 1.54) is 32.1 Å². The number of carbonyl (C=O) groups excluding carboxylic acids is 3. The van der Waals surface area contributed by atoms with E-state index in [9.17, 15) is 4.79 Å². The number of unbranched alkanes of at least 4 members (excludes halogenated alkanes) is 5. The van der Waals surface area contributed by atoms with E-state index < -0.39 is 0 Å². The molecule has 0 radical (unpaired) electrons. The minimum atomic E-state index is -0.378. The molecule has 2 aromatic rings. The van der Waals surface area contributed by atoms with E-state index in [-0.39, 0.29) is 43.5 Å². The van der Waals surface area contributed by atoms with Gasteiger partial charge in [-0.1, -0.05) is 81.5 Å². The minimum Gasteiger partial charge on any atom is -0.494 e. The fourth-order valence-corrected chi connectivity index (χ4v) is 3.45. The lowest BCUT2D eigenvalue weighted by Gasteiger charge is -2.27. The Hall–Kier alpha value is -3.39. The molecule has 1 atom stereocenters. The Morgan fingerprint density at radius 3 is 1.97 bits per heavy atom. The third-order valence-electron chi connectivity index (χ3n) is 5.11. The average molecular weight is 531 g/mol. The summed E-state index contributed by atoms with van der Waals surface area (Å²) in [6, 6.07) is 17.6. The van der Waals surface area contributed by atoms with Crippen molar-refractivity contribution in [2.45, 2.75) is 91.0 Å². The van der Waals surface area contributed by atoms with Gasteiger partial charge in [-0.3, -0.25) is 14.4 Å². The lowest BCUT2D eigenvalue weighted by molar-refractivity contribution is -0.151. The van der Waals surface area contributed by atoms with Crippen LogP contribution in [0.4, 0.5) is 0 Å². The van der Waals surface area contributed by atoms with Gasteiger partial charge in [0.05, 0.1) is 24.7 Å². The molecule has 0 fully saturated rings. The van der Waals surface area contributed by atoms with Gasteiger partial charge in [0.2, 0.25) is 12.8 Å². The summed E-state index contributed by atoms with van der Waals surface area (Å²) in [5.74, 6) is 0.579. The number of nitrogens with two attached hydrogens (primary N) is 2. The number of esters is 1. The van der Waals surface area contributed by atoms with Crippen LogP contribution in [-0.4, -0.2) is 31.0 Å². The van der Waals surface area contributed by atoms with Gasteiger partial charge in [0, 0.05) is 0 Å². The number of benzene rings is 2. The van der Waals surface area contributed by atoms with E-state index in [2.05, 4.69) is 18.4 Å². The third-order valence-corrected chi connectivity index (χ3v) is 5.11. The van der Waals surface area contributed by atoms with Gasteiger partial charge in [-0.15, -0.1) is 0 Å². The molecule has 38 heavy (non-hydrogen) atoms. The lowest BCUT2D eigenvalue weighted by atomic mass is 10.0. The zero-order valence-corrected chi connectivity index (χ0v) is 23.4. The van der Waals surface area contributed by atoms with Crippen molar-refractivity contribution in [1.29, 1.82) is 0 Å². The Morgan fingerprint density at radius 1 is 0.868 bits per heavy atom. The fourth-order valence-electron chi connectivity index (χ4n) is 3.45. The maximum atomic E-state index is 12.5. The Labute approximate surface area is 228 Å². The Kier molecular flexibility index (Phi) is 19.7. The summed E-state index contributed by atoms with van der Waals surface area (Å²) in [6.07, 6.45) is 7.77. The van der Waals surface area contributed by atoms with Crippen LogP contribution in [0.5, 0.6) is 5.75 Å². The summed E-state index contributed by atoms with van der Waals surface area (Å²) in [5.41, 5.74) is 9.88. The molecule has 4 N–H and O–H groups in total. The molecular formula is C30H46N2O6. The van der Waals surface area contributed by atoms with Gasteiger partial charge < -0.3 is 25.7 Å². The smallest absolute Gasteiger partial charge is 0.309 e. The van der Waals surface area contributed by atoms with Crippen molar-refractivity contribution in [3.8, 4) is 5.75 Å². The Morgan fingerprint density at radius 2 is 1.42 bits per heavy atom. The maximum absolute atomic E-state index is 12.5. The fraction of sp³-hybridized carbons (Fsp3) is 0.500. The van der Waals surface area contributed by atoms with Crippen LogP contribution in [0.2, 0.25) is 0 Å². The molecule has 8 nitrogen and oxygen atoms in total. The number of carbonyl (C=O) groups is 3.